The van der Waals surface area contributed by atoms with Gasteiger partial charge < -0.3 is 9.88 Å². The Balaban J connectivity index is 1.28. The molecule has 0 atom stereocenters. The van der Waals surface area contributed by atoms with Gasteiger partial charge in [0.1, 0.15) is 12.4 Å². The van der Waals surface area contributed by atoms with Gasteiger partial charge in [0.05, 0.1) is 12.6 Å². The van der Waals surface area contributed by atoms with Crippen molar-refractivity contribution in [3.63, 3.8) is 0 Å². The third kappa shape index (κ3) is 5.15. The highest BCUT2D eigenvalue weighted by Crippen LogP contribution is 2.21. The smallest absolute Gasteiger partial charge is 0.244 e. The molecule has 6 nitrogen and oxygen atoms in total. The lowest BCUT2D eigenvalue weighted by Gasteiger charge is -2.07. The molecule has 0 radical (unpaired) electrons. The normalized spacial score (nSPS) is 11.2. The van der Waals surface area contributed by atoms with Crippen molar-refractivity contribution in [2.24, 2.45) is 5.10 Å². The number of anilines is 1. The number of aromatic nitrogens is 1. The number of hydrogen-bond acceptors (Lipinski definition) is 3. The van der Waals surface area contributed by atoms with Crippen molar-refractivity contribution in [2.45, 2.75) is 13.0 Å². The minimum Gasteiger partial charge on any atom is -0.337 e. The molecule has 0 bridgehead atoms. The number of carbonyl (C=O) groups excluding carboxylic acids is 2. The van der Waals surface area contributed by atoms with Gasteiger partial charge in [0.15, 0.2) is 0 Å². The highest BCUT2D eigenvalue weighted by molar-refractivity contribution is 6.01. The van der Waals surface area contributed by atoms with Crippen LogP contribution in [-0.4, -0.2) is 22.6 Å². The molecule has 0 spiro atoms. The molecule has 7 heteroatoms. The zero-order chi connectivity index (χ0) is 24.9. The Morgan fingerprint density at radius 3 is 2.39 bits per heavy atom. The second-order valence-electron chi connectivity index (χ2n) is 8.39. The number of halogens is 1. The van der Waals surface area contributed by atoms with Gasteiger partial charge in [0, 0.05) is 28.4 Å². The summed E-state index contributed by atoms with van der Waals surface area (Å²) in [6.07, 6.45) is 3.61. The molecule has 0 fully saturated rings. The minimum absolute atomic E-state index is 0.0686. The fourth-order valence-corrected chi connectivity index (χ4v) is 4.23. The number of benzene rings is 4. The summed E-state index contributed by atoms with van der Waals surface area (Å²) in [4.78, 5) is 25.1. The lowest BCUT2D eigenvalue weighted by Crippen LogP contribution is -2.20. The second-order valence-corrected chi connectivity index (χ2v) is 8.39. The fourth-order valence-electron chi connectivity index (χ4n) is 4.23. The summed E-state index contributed by atoms with van der Waals surface area (Å²) < 4.78 is 14.9. The molecular formula is C29H23FN4O2. The van der Waals surface area contributed by atoms with E-state index in [1.54, 1.807) is 6.21 Å². The Morgan fingerprint density at radius 1 is 0.833 bits per heavy atom. The highest BCUT2D eigenvalue weighted by atomic mass is 19.1. The Hall–Kier alpha value is -4.78. The predicted octanol–water partition coefficient (Wildman–Crippen LogP) is 5.27. The SMILES string of the molecule is O=C(Cc1cccc2ccccc12)N/N=C/c1cn(CC(=O)Nc2ccc(F)cc2)c2ccccc12. The van der Waals surface area contributed by atoms with Gasteiger partial charge in [-0.15, -0.1) is 0 Å². The van der Waals surface area contributed by atoms with Crippen molar-refractivity contribution in [1.82, 2.24) is 9.99 Å². The quantitative estimate of drug-likeness (QED) is 0.247. The number of hydrogen-bond donors (Lipinski definition) is 2. The molecule has 1 aromatic heterocycles. The van der Waals surface area contributed by atoms with Crippen LogP contribution in [0, 0.1) is 5.82 Å². The highest BCUT2D eigenvalue weighted by Gasteiger charge is 2.11. The van der Waals surface area contributed by atoms with E-state index >= 15 is 0 Å². The number of carbonyl (C=O) groups is 2. The Bertz CT molecular complexity index is 1580. The molecule has 36 heavy (non-hydrogen) atoms. The molecule has 0 unspecified atom stereocenters. The third-order valence-electron chi connectivity index (χ3n) is 5.89. The van der Waals surface area contributed by atoms with Gasteiger partial charge in [-0.05, 0) is 46.7 Å². The van der Waals surface area contributed by atoms with Gasteiger partial charge in [-0.25, -0.2) is 9.82 Å². The second kappa shape index (κ2) is 10.2. The number of nitrogens with one attached hydrogen (secondary N) is 2. The average Bonchev–Trinajstić information content (AvgIpc) is 3.23. The molecule has 5 aromatic rings. The first kappa shape index (κ1) is 23.0. The first-order chi connectivity index (χ1) is 17.6. The molecule has 5 rings (SSSR count). The summed E-state index contributed by atoms with van der Waals surface area (Å²) in [5, 5.41) is 9.96. The Morgan fingerprint density at radius 2 is 1.56 bits per heavy atom. The van der Waals surface area contributed by atoms with Gasteiger partial charge in [-0.3, -0.25) is 9.59 Å². The van der Waals surface area contributed by atoms with Crippen molar-refractivity contribution in [2.75, 3.05) is 5.32 Å². The van der Waals surface area contributed by atoms with Crippen LogP contribution < -0.4 is 10.7 Å². The third-order valence-corrected chi connectivity index (χ3v) is 5.89. The van der Waals surface area contributed by atoms with Crippen molar-refractivity contribution in [3.05, 3.63) is 114 Å². The molecule has 0 aliphatic heterocycles. The van der Waals surface area contributed by atoms with Crippen molar-refractivity contribution in [3.8, 4) is 0 Å². The standard InChI is InChI=1S/C29H23FN4O2/c30-23-12-14-24(15-13-23)32-29(36)19-34-18-22(26-10-3-4-11-27(26)34)17-31-33-28(35)16-21-8-5-7-20-6-1-2-9-25(20)21/h1-15,17-18H,16,19H2,(H,32,36)(H,33,35)/b31-17+. The van der Waals surface area contributed by atoms with Crippen LogP contribution in [0.2, 0.25) is 0 Å². The van der Waals surface area contributed by atoms with Crippen LogP contribution in [0.1, 0.15) is 11.1 Å². The number of rotatable bonds is 7. The van der Waals surface area contributed by atoms with Gasteiger partial charge in [-0.2, -0.15) is 5.10 Å². The maximum atomic E-state index is 13.1. The number of para-hydroxylation sites is 1. The molecular weight excluding hydrogens is 455 g/mol. The first-order valence-corrected chi connectivity index (χ1v) is 11.5. The van der Waals surface area contributed by atoms with Crippen molar-refractivity contribution < 1.29 is 14.0 Å². The van der Waals surface area contributed by atoms with Crippen LogP contribution in [0.15, 0.2) is 102 Å². The van der Waals surface area contributed by atoms with Gasteiger partial charge >= 0.3 is 0 Å². The monoisotopic (exact) mass is 478 g/mol. The maximum absolute atomic E-state index is 13.1. The summed E-state index contributed by atoms with van der Waals surface area (Å²) in [6.45, 7) is 0.0686. The summed E-state index contributed by atoms with van der Waals surface area (Å²) in [6, 6.07) is 27.1. The Labute approximate surface area is 207 Å². The van der Waals surface area contributed by atoms with E-state index in [1.165, 1.54) is 24.3 Å². The van der Waals surface area contributed by atoms with Crippen LogP contribution in [0.25, 0.3) is 21.7 Å². The van der Waals surface area contributed by atoms with E-state index in [0.29, 0.717) is 5.69 Å². The topological polar surface area (TPSA) is 75.5 Å². The molecule has 2 N–H and O–H groups in total. The van der Waals surface area contributed by atoms with Crippen LogP contribution in [0.4, 0.5) is 10.1 Å². The maximum Gasteiger partial charge on any atom is 0.244 e. The molecule has 0 saturated carbocycles. The minimum atomic E-state index is -0.363. The average molecular weight is 479 g/mol. The van der Waals surface area contributed by atoms with Crippen molar-refractivity contribution in [1.29, 1.82) is 0 Å². The van der Waals surface area contributed by atoms with E-state index in [2.05, 4.69) is 15.8 Å². The number of fused-ring (bicyclic) bond motifs is 2. The molecule has 0 saturated heterocycles. The zero-order valence-electron chi connectivity index (χ0n) is 19.3. The largest absolute Gasteiger partial charge is 0.337 e. The van der Waals surface area contributed by atoms with Crippen molar-refractivity contribution >= 4 is 45.4 Å². The predicted molar refractivity (Wildman–Crippen MR) is 140 cm³/mol. The summed E-state index contributed by atoms with van der Waals surface area (Å²) in [7, 11) is 0. The van der Waals surface area contributed by atoms with E-state index < -0.39 is 0 Å². The molecule has 0 aliphatic rings. The molecule has 178 valence electrons. The lowest BCUT2D eigenvalue weighted by molar-refractivity contribution is -0.120. The Kier molecular flexibility index (Phi) is 6.53. The van der Waals surface area contributed by atoms with Crippen LogP contribution in [0.5, 0.6) is 0 Å². The first-order valence-electron chi connectivity index (χ1n) is 11.5. The number of nitrogens with zero attached hydrogens (tertiary/aromatic N) is 2. The van der Waals surface area contributed by atoms with E-state index in [-0.39, 0.29) is 30.6 Å². The van der Waals surface area contributed by atoms with Gasteiger partial charge in [0.2, 0.25) is 11.8 Å². The van der Waals surface area contributed by atoms with Crippen LogP contribution >= 0.6 is 0 Å². The number of hydrazone groups is 1. The van der Waals surface area contributed by atoms with Gasteiger partial charge in [0.25, 0.3) is 0 Å². The van der Waals surface area contributed by atoms with E-state index in [4.69, 9.17) is 0 Å². The summed E-state index contributed by atoms with van der Waals surface area (Å²) >= 11 is 0. The summed E-state index contributed by atoms with van der Waals surface area (Å²) in [5.74, 6) is -0.822. The fraction of sp³-hybridized carbons (Fsp3) is 0.0690. The van der Waals surface area contributed by atoms with E-state index in [1.807, 2.05) is 77.5 Å². The van der Waals surface area contributed by atoms with Gasteiger partial charge in [-0.1, -0.05) is 60.7 Å². The molecule has 0 aliphatic carbocycles. The lowest BCUT2D eigenvalue weighted by atomic mass is 10.0. The van der Waals surface area contributed by atoms with E-state index in [9.17, 15) is 14.0 Å². The molecule has 1 heterocycles. The zero-order valence-corrected chi connectivity index (χ0v) is 19.3. The molecule has 2 amide bonds. The van der Waals surface area contributed by atoms with E-state index in [0.717, 1.165) is 32.8 Å². The van der Waals surface area contributed by atoms with Crippen LogP contribution in [0.3, 0.4) is 0 Å². The summed E-state index contributed by atoms with van der Waals surface area (Å²) in [5.41, 5.74) is 5.69. The number of amides is 2. The molecule has 4 aromatic carbocycles. The van der Waals surface area contributed by atoms with Crippen LogP contribution in [-0.2, 0) is 22.6 Å².